The monoisotopic (exact) mass is 499 g/mol. The number of rotatable bonds is 10. The summed E-state index contributed by atoms with van der Waals surface area (Å²) in [5, 5.41) is 11.2. The zero-order chi connectivity index (χ0) is 19.5. The molecule has 0 saturated heterocycles. The van der Waals surface area contributed by atoms with E-state index < -0.39 is 0 Å². The first-order chi connectivity index (χ1) is 13.1. The molecule has 0 spiro atoms. The molecule has 6 nitrogen and oxygen atoms in total. The average Bonchev–Trinajstić information content (AvgIpc) is 3.15. The number of halogens is 1. The second-order valence-electron chi connectivity index (χ2n) is 6.83. The summed E-state index contributed by atoms with van der Waals surface area (Å²) in [5.41, 5.74) is 2.27. The molecule has 0 fully saturated rings. The number of nitrogens with one attached hydrogen (secondary N) is 2. The Morgan fingerprint density at radius 1 is 1.18 bits per heavy atom. The minimum Gasteiger partial charge on any atom is -0.378 e. The molecule has 2 aromatic rings. The highest BCUT2D eigenvalue weighted by molar-refractivity contribution is 14.0. The molecule has 0 aliphatic heterocycles. The van der Waals surface area contributed by atoms with Crippen molar-refractivity contribution in [1.29, 1.82) is 0 Å². The lowest BCUT2D eigenvalue weighted by atomic mass is 10.0. The van der Waals surface area contributed by atoms with Gasteiger partial charge in [0.2, 0.25) is 0 Å². The van der Waals surface area contributed by atoms with Crippen molar-refractivity contribution in [2.75, 3.05) is 26.7 Å². The van der Waals surface area contributed by atoms with E-state index in [1.165, 1.54) is 5.56 Å². The summed E-state index contributed by atoms with van der Waals surface area (Å²) in [5.74, 6) is 1.34. The van der Waals surface area contributed by atoms with E-state index in [9.17, 15) is 0 Å². The van der Waals surface area contributed by atoms with Crippen molar-refractivity contribution in [3.63, 3.8) is 0 Å². The number of aliphatic imine (C=N–C) groups is 1. The Labute approximate surface area is 186 Å². The lowest BCUT2D eigenvalue weighted by Gasteiger charge is -2.21. The summed E-state index contributed by atoms with van der Waals surface area (Å²) in [6.45, 7) is 8.84. The van der Waals surface area contributed by atoms with Gasteiger partial charge in [0.1, 0.15) is 0 Å². The largest absolute Gasteiger partial charge is 0.378 e. The van der Waals surface area contributed by atoms with E-state index >= 15 is 0 Å². The third-order valence-corrected chi connectivity index (χ3v) is 4.43. The number of aromatic nitrogens is 2. The molecule has 28 heavy (non-hydrogen) atoms. The quantitative estimate of drug-likeness (QED) is 0.298. The second kappa shape index (κ2) is 13.5. The van der Waals surface area contributed by atoms with Crippen LogP contribution in [0.3, 0.4) is 0 Å². The molecule has 1 aromatic carbocycles. The van der Waals surface area contributed by atoms with Gasteiger partial charge in [-0.25, -0.2) is 4.68 Å². The van der Waals surface area contributed by atoms with Gasteiger partial charge in [0.25, 0.3) is 0 Å². The first-order valence-electron chi connectivity index (χ1n) is 9.79. The highest BCUT2D eigenvalue weighted by Crippen LogP contribution is 2.10. The molecule has 0 aliphatic rings. The Kier molecular flexibility index (Phi) is 11.8. The molecule has 0 saturated carbocycles. The third kappa shape index (κ3) is 8.18. The normalized spacial score (nSPS) is 12.5. The minimum absolute atomic E-state index is 0. The summed E-state index contributed by atoms with van der Waals surface area (Å²) in [4.78, 5) is 4.29. The topological polar surface area (TPSA) is 63.5 Å². The number of ether oxygens (including phenoxy) is 1. The van der Waals surface area contributed by atoms with Crippen molar-refractivity contribution in [3.05, 3.63) is 48.3 Å². The van der Waals surface area contributed by atoms with Gasteiger partial charge < -0.3 is 15.4 Å². The van der Waals surface area contributed by atoms with E-state index in [2.05, 4.69) is 40.8 Å². The highest BCUT2D eigenvalue weighted by atomic mass is 127. The zero-order valence-electron chi connectivity index (χ0n) is 17.4. The Morgan fingerprint density at radius 3 is 2.54 bits per heavy atom. The number of benzene rings is 1. The number of nitrogens with zero attached hydrogens (tertiary/aromatic N) is 3. The van der Waals surface area contributed by atoms with Crippen molar-refractivity contribution in [2.45, 2.75) is 39.7 Å². The molecule has 0 aliphatic carbocycles. The fraction of sp³-hybridized carbons (Fsp3) is 0.524. The fourth-order valence-corrected chi connectivity index (χ4v) is 2.91. The lowest BCUT2D eigenvalue weighted by Crippen LogP contribution is -2.40. The summed E-state index contributed by atoms with van der Waals surface area (Å²) in [7, 11) is 1.80. The van der Waals surface area contributed by atoms with Crippen LogP contribution in [0.25, 0.3) is 5.69 Å². The molecule has 0 bridgehead atoms. The molecule has 0 radical (unpaired) electrons. The molecule has 7 heteroatoms. The van der Waals surface area contributed by atoms with Crippen LogP contribution in [-0.2, 0) is 11.2 Å². The second-order valence-corrected chi connectivity index (χ2v) is 6.83. The van der Waals surface area contributed by atoms with Gasteiger partial charge in [-0.1, -0.05) is 32.0 Å². The van der Waals surface area contributed by atoms with E-state index in [4.69, 9.17) is 4.74 Å². The molecular formula is C21H34IN5O. The van der Waals surface area contributed by atoms with Gasteiger partial charge in [-0.3, -0.25) is 4.99 Å². The summed E-state index contributed by atoms with van der Waals surface area (Å²) >= 11 is 0. The maximum Gasteiger partial charge on any atom is 0.190 e. The Hall–Kier alpha value is -1.61. The van der Waals surface area contributed by atoms with Crippen LogP contribution in [-0.4, -0.2) is 48.6 Å². The van der Waals surface area contributed by atoms with Crippen LogP contribution in [0.4, 0.5) is 0 Å². The first-order valence-corrected chi connectivity index (χ1v) is 9.79. The van der Waals surface area contributed by atoms with Gasteiger partial charge >= 0.3 is 0 Å². The summed E-state index contributed by atoms with van der Waals surface area (Å²) in [6, 6.07) is 10.1. The molecular weight excluding hydrogens is 465 g/mol. The minimum atomic E-state index is 0. The highest BCUT2D eigenvalue weighted by Gasteiger charge is 2.12. The molecule has 156 valence electrons. The van der Waals surface area contributed by atoms with Crippen LogP contribution in [0.2, 0.25) is 0 Å². The van der Waals surface area contributed by atoms with Crippen LogP contribution in [0, 0.1) is 5.92 Å². The van der Waals surface area contributed by atoms with Crippen LogP contribution in [0.5, 0.6) is 0 Å². The molecule has 1 atom stereocenters. The Morgan fingerprint density at radius 2 is 1.89 bits per heavy atom. The SMILES string of the molecule is CCOC(CCNC(=NC)NCCc1cnn(-c2ccccc2)c1)C(C)C.I. The van der Waals surface area contributed by atoms with Crippen molar-refractivity contribution in [2.24, 2.45) is 10.9 Å². The molecule has 2 N–H and O–H groups in total. The van der Waals surface area contributed by atoms with Crippen molar-refractivity contribution >= 4 is 29.9 Å². The van der Waals surface area contributed by atoms with E-state index in [1.807, 2.05) is 48.1 Å². The van der Waals surface area contributed by atoms with Gasteiger partial charge in [0.05, 0.1) is 18.0 Å². The van der Waals surface area contributed by atoms with E-state index in [0.29, 0.717) is 5.92 Å². The summed E-state index contributed by atoms with van der Waals surface area (Å²) in [6.07, 6.45) is 6.13. The van der Waals surface area contributed by atoms with Crippen molar-refractivity contribution in [1.82, 2.24) is 20.4 Å². The number of hydrogen-bond donors (Lipinski definition) is 2. The van der Waals surface area contributed by atoms with Crippen molar-refractivity contribution < 1.29 is 4.74 Å². The third-order valence-electron chi connectivity index (χ3n) is 4.43. The van der Waals surface area contributed by atoms with Gasteiger partial charge in [-0.05, 0) is 43.4 Å². The average molecular weight is 499 g/mol. The van der Waals surface area contributed by atoms with Gasteiger partial charge in [0.15, 0.2) is 5.96 Å². The van der Waals surface area contributed by atoms with E-state index in [1.54, 1.807) is 7.05 Å². The molecule has 2 rings (SSSR count). The van der Waals surface area contributed by atoms with Gasteiger partial charge in [-0.15, -0.1) is 24.0 Å². The predicted octanol–water partition coefficient (Wildman–Crippen LogP) is 3.65. The maximum absolute atomic E-state index is 5.79. The molecule has 1 unspecified atom stereocenters. The van der Waals surface area contributed by atoms with Crippen LogP contribution < -0.4 is 10.6 Å². The molecule has 1 heterocycles. The molecule has 1 aromatic heterocycles. The van der Waals surface area contributed by atoms with Gasteiger partial charge in [0, 0.05) is 32.9 Å². The van der Waals surface area contributed by atoms with E-state index in [-0.39, 0.29) is 30.1 Å². The first kappa shape index (κ1) is 24.4. The fourth-order valence-electron chi connectivity index (χ4n) is 2.91. The number of guanidine groups is 1. The maximum atomic E-state index is 5.79. The van der Waals surface area contributed by atoms with Crippen molar-refractivity contribution in [3.8, 4) is 5.69 Å². The number of para-hydroxylation sites is 1. The Bertz CT molecular complexity index is 687. The van der Waals surface area contributed by atoms with E-state index in [0.717, 1.165) is 44.2 Å². The van der Waals surface area contributed by atoms with Crippen LogP contribution in [0.15, 0.2) is 47.7 Å². The van der Waals surface area contributed by atoms with Gasteiger partial charge in [-0.2, -0.15) is 5.10 Å². The zero-order valence-corrected chi connectivity index (χ0v) is 19.7. The summed E-state index contributed by atoms with van der Waals surface area (Å²) < 4.78 is 7.69. The Balaban J connectivity index is 0.00000392. The standard InChI is InChI=1S/C21H33N5O.HI/c1-5-27-20(17(2)3)12-14-24-21(22-4)23-13-11-18-15-25-26(16-18)19-9-7-6-8-10-19;/h6-10,15-17,20H,5,11-14H2,1-4H3,(H2,22,23,24);1H. The predicted molar refractivity (Wildman–Crippen MR) is 127 cm³/mol. The smallest absolute Gasteiger partial charge is 0.190 e. The van der Waals surface area contributed by atoms with Crippen LogP contribution >= 0.6 is 24.0 Å². The number of hydrogen-bond acceptors (Lipinski definition) is 3. The van der Waals surface area contributed by atoms with Crippen LogP contribution in [0.1, 0.15) is 32.8 Å². The molecule has 0 amide bonds. The lowest BCUT2D eigenvalue weighted by molar-refractivity contribution is 0.0258.